The predicted molar refractivity (Wildman–Crippen MR) is 110 cm³/mol. The van der Waals surface area contributed by atoms with Crippen molar-refractivity contribution in [1.29, 1.82) is 0 Å². The van der Waals surface area contributed by atoms with Crippen LogP contribution in [-0.4, -0.2) is 35.7 Å². The van der Waals surface area contributed by atoms with Crippen molar-refractivity contribution in [1.82, 2.24) is 9.88 Å². The third kappa shape index (κ3) is 3.84. The minimum absolute atomic E-state index is 0.0318. The minimum atomic E-state index is -0.0929. The molecule has 7 heteroatoms. The molecule has 2 heterocycles. The van der Waals surface area contributed by atoms with Gasteiger partial charge in [0.15, 0.2) is 11.5 Å². The molecule has 0 radical (unpaired) electrons. The van der Waals surface area contributed by atoms with Crippen molar-refractivity contribution in [3.63, 3.8) is 0 Å². The molecule has 1 aromatic heterocycles. The molecule has 0 aliphatic carbocycles. The number of rotatable bonds is 5. The van der Waals surface area contributed by atoms with E-state index in [-0.39, 0.29) is 18.7 Å². The number of benzene rings is 2. The lowest BCUT2D eigenvalue weighted by Crippen LogP contribution is -2.36. The fourth-order valence-corrected chi connectivity index (χ4v) is 3.93. The maximum absolute atomic E-state index is 12.9. The van der Waals surface area contributed by atoms with E-state index >= 15 is 0 Å². The highest BCUT2D eigenvalue weighted by molar-refractivity contribution is 7.13. The quantitative estimate of drug-likeness (QED) is 0.596. The third-order valence-electron chi connectivity index (χ3n) is 4.77. The average Bonchev–Trinajstić information content (AvgIpc) is 3.37. The number of hydrogen-bond acceptors (Lipinski definition) is 5. The fourth-order valence-electron chi connectivity index (χ4n) is 3.01. The van der Waals surface area contributed by atoms with Gasteiger partial charge in [0.2, 0.25) is 6.79 Å². The SMILES string of the molecule is CC(Cc1ccc(Cl)cc1)N(C)C(=O)c1csc(-c2ccc3c(c2)OCO3)n1. The van der Waals surface area contributed by atoms with Crippen LogP contribution in [0.25, 0.3) is 10.6 Å². The van der Waals surface area contributed by atoms with E-state index in [1.165, 1.54) is 11.3 Å². The van der Waals surface area contributed by atoms with Crippen molar-refractivity contribution < 1.29 is 14.3 Å². The third-order valence-corrected chi connectivity index (χ3v) is 5.91. The Morgan fingerprint density at radius 3 is 2.75 bits per heavy atom. The van der Waals surface area contributed by atoms with Crippen LogP contribution in [0.2, 0.25) is 5.02 Å². The van der Waals surface area contributed by atoms with Crippen LogP contribution in [0.4, 0.5) is 0 Å². The van der Waals surface area contributed by atoms with Crippen LogP contribution in [0.5, 0.6) is 11.5 Å². The van der Waals surface area contributed by atoms with Crippen molar-refractivity contribution in [3.8, 4) is 22.1 Å². The Kier molecular flexibility index (Phi) is 5.24. The zero-order valence-corrected chi connectivity index (χ0v) is 17.1. The lowest BCUT2D eigenvalue weighted by atomic mass is 10.1. The second kappa shape index (κ2) is 7.81. The summed E-state index contributed by atoms with van der Waals surface area (Å²) in [5, 5.41) is 3.29. The highest BCUT2D eigenvalue weighted by atomic mass is 35.5. The van der Waals surface area contributed by atoms with E-state index in [9.17, 15) is 4.79 Å². The standard InChI is InChI=1S/C21H19ClN2O3S/c1-13(9-14-3-6-16(22)7-4-14)24(2)21(25)17-11-28-20(23-17)15-5-8-18-19(10-15)27-12-26-18/h3-8,10-11,13H,9,12H2,1-2H3. The van der Waals surface area contributed by atoms with Gasteiger partial charge in [0.25, 0.3) is 5.91 Å². The first-order valence-electron chi connectivity index (χ1n) is 8.88. The average molecular weight is 415 g/mol. The Labute approximate surface area is 172 Å². The number of aromatic nitrogens is 1. The number of nitrogens with zero attached hydrogens (tertiary/aromatic N) is 2. The fraction of sp³-hybridized carbons (Fsp3) is 0.238. The number of amides is 1. The Balaban J connectivity index is 1.46. The predicted octanol–water partition coefficient (Wildman–Crippen LogP) is 4.90. The van der Waals surface area contributed by atoms with Crippen molar-refractivity contribution in [3.05, 3.63) is 64.1 Å². The molecule has 5 nitrogen and oxygen atoms in total. The molecular weight excluding hydrogens is 396 g/mol. The topological polar surface area (TPSA) is 51.7 Å². The number of carbonyl (C=O) groups is 1. The molecule has 0 N–H and O–H groups in total. The van der Waals surface area contributed by atoms with Crippen LogP contribution in [-0.2, 0) is 6.42 Å². The van der Waals surface area contributed by atoms with Crippen LogP contribution in [0.3, 0.4) is 0 Å². The summed E-state index contributed by atoms with van der Waals surface area (Å²) in [5.74, 6) is 1.34. The molecule has 0 fully saturated rings. The monoisotopic (exact) mass is 414 g/mol. The Hall–Kier alpha value is -2.57. The second-order valence-corrected chi connectivity index (χ2v) is 8.00. The van der Waals surface area contributed by atoms with Gasteiger partial charge in [-0.1, -0.05) is 23.7 Å². The summed E-state index contributed by atoms with van der Waals surface area (Å²) in [4.78, 5) is 19.1. The van der Waals surface area contributed by atoms with Gasteiger partial charge in [-0.2, -0.15) is 0 Å². The normalized spacial score (nSPS) is 13.4. The molecule has 0 saturated carbocycles. The van der Waals surface area contributed by atoms with Crippen molar-refractivity contribution in [2.45, 2.75) is 19.4 Å². The van der Waals surface area contributed by atoms with Gasteiger partial charge in [-0.25, -0.2) is 4.98 Å². The Morgan fingerprint density at radius 1 is 1.21 bits per heavy atom. The van der Waals surface area contributed by atoms with Crippen LogP contribution in [0.15, 0.2) is 47.8 Å². The van der Waals surface area contributed by atoms with Crippen LogP contribution in [0, 0.1) is 0 Å². The van der Waals surface area contributed by atoms with E-state index < -0.39 is 0 Å². The number of thiazole rings is 1. The van der Waals surface area contributed by atoms with Gasteiger partial charge in [0.1, 0.15) is 10.7 Å². The molecule has 1 unspecified atom stereocenters. The molecule has 0 bridgehead atoms. The second-order valence-electron chi connectivity index (χ2n) is 6.70. The summed E-state index contributed by atoms with van der Waals surface area (Å²) in [6.45, 7) is 2.26. The first-order chi connectivity index (χ1) is 13.5. The first kappa shape index (κ1) is 18.8. The van der Waals surface area contributed by atoms with Crippen LogP contribution >= 0.6 is 22.9 Å². The molecule has 3 aromatic rings. The summed E-state index contributed by atoms with van der Waals surface area (Å²) in [7, 11) is 1.81. The van der Waals surface area contributed by atoms with Crippen molar-refractivity contribution >= 4 is 28.8 Å². The molecule has 28 heavy (non-hydrogen) atoms. The number of hydrogen-bond donors (Lipinski definition) is 0. The summed E-state index contributed by atoms with van der Waals surface area (Å²) in [5.41, 5.74) is 2.49. The highest BCUT2D eigenvalue weighted by Crippen LogP contribution is 2.36. The van der Waals surface area contributed by atoms with E-state index in [0.29, 0.717) is 16.5 Å². The van der Waals surface area contributed by atoms with Crippen LogP contribution < -0.4 is 9.47 Å². The van der Waals surface area contributed by atoms with Gasteiger partial charge in [-0.3, -0.25) is 4.79 Å². The summed E-state index contributed by atoms with van der Waals surface area (Å²) in [6.07, 6.45) is 0.749. The number of fused-ring (bicyclic) bond motifs is 1. The smallest absolute Gasteiger partial charge is 0.273 e. The number of carbonyl (C=O) groups excluding carboxylic acids is 1. The maximum Gasteiger partial charge on any atom is 0.273 e. The van der Waals surface area contributed by atoms with Gasteiger partial charge < -0.3 is 14.4 Å². The lowest BCUT2D eigenvalue weighted by molar-refractivity contribution is 0.0738. The zero-order chi connectivity index (χ0) is 19.7. The maximum atomic E-state index is 12.9. The molecular formula is C21H19ClN2O3S. The van der Waals surface area contributed by atoms with Crippen molar-refractivity contribution in [2.24, 2.45) is 0 Å². The van der Waals surface area contributed by atoms with Gasteiger partial charge in [0, 0.05) is 29.1 Å². The largest absolute Gasteiger partial charge is 0.454 e. The Morgan fingerprint density at radius 2 is 1.96 bits per heavy atom. The molecule has 4 rings (SSSR count). The van der Waals surface area contributed by atoms with E-state index in [1.54, 1.807) is 10.3 Å². The molecule has 1 amide bonds. The van der Waals surface area contributed by atoms with E-state index in [1.807, 2.05) is 56.4 Å². The van der Waals surface area contributed by atoms with Gasteiger partial charge in [-0.05, 0) is 49.2 Å². The molecule has 2 aromatic carbocycles. The van der Waals surface area contributed by atoms with Gasteiger partial charge in [-0.15, -0.1) is 11.3 Å². The summed E-state index contributed by atoms with van der Waals surface area (Å²) >= 11 is 7.38. The van der Waals surface area contributed by atoms with E-state index in [0.717, 1.165) is 28.3 Å². The number of ether oxygens (including phenoxy) is 2. The molecule has 1 aliphatic rings. The first-order valence-corrected chi connectivity index (χ1v) is 10.1. The molecule has 0 saturated heterocycles. The molecule has 0 spiro atoms. The van der Waals surface area contributed by atoms with Crippen molar-refractivity contribution in [2.75, 3.05) is 13.8 Å². The molecule has 1 aliphatic heterocycles. The molecule has 1 atom stereocenters. The highest BCUT2D eigenvalue weighted by Gasteiger charge is 2.21. The lowest BCUT2D eigenvalue weighted by Gasteiger charge is -2.24. The molecule has 144 valence electrons. The van der Waals surface area contributed by atoms with Gasteiger partial charge in [0.05, 0.1) is 0 Å². The van der Waals surface area contributed by atoms with E-state index in [2.05, 4.69) is 4.98 Å². The summed E-state index contributed by atoms with van der Waals surface area (Å²) in [6, 6.07) is 13.4. The number of likely N-dealkylation sites (N-methyl/N-ethyl adjacent to an activating group) is 1. The Bertz CT molecular complexity index is 1000. The van der Waals surface area contributed by atoms with Gasteiger partial charge >= 0.3 is 0 Å². The van der Waals surface area contributed by atoms with E-state index in [4.69, 9.17) is 21.1 Å². The van der Waals surface area contributed by atoms with Crippen LogP contribution in [0.1, 0.15) is 23.0 Å². The zero-order valence-electron chi connectivity index (χ0n) is 15.5. The number of halogens is 1. The minimum Gasteiger partial charge on any atom is -0.454 e. The summed E-state index contributed by atoms with van der Waals surface area (Å²) < 4.78 is 10.8.